The van der Waals surface area contributed by atoms with E-state index < -0.39 is 0 Å². The van der Waals surface area contributed by atoms with Crippen molar-refractivity contribution in [2.75, 3.05) is 19.6 Å². The van der Waals surface area contributed by atoms with E-state index in [9.17, 15) is 4.79 Å². The number of nitrogens with one attached hydrogen (secondary N) is 2. The van der Waals surface area contributed by atoms with E-state index >= 15 is 0 Å². The first kappa shape index (κ1) is 14.0. The van der Waals surface area contributed by atoms with E-state index in [4.69, 9.17) is 4.74 Å². The van der Waals surface area contributed by atoms with Gasteiger partial charge < -0.3 is 15.0 Å². The Labute approximate surface area is 139 Å². The van der Waals surface area contributed by atoms with E-state index in [0.717, 1.165) is 30.4 Å². The lowest BCUT2D eigenvalue weighted by Gasteiger charge is -2.19. The van der Waals surface area contributed by atoms with Crippen LogP contribution in [0.25, 0.3) is 10.9 Å². The van der Waals surface area contributed by atoms with E-state index in [2.05, 4.69) is 45.9 Å². The summed E-state index contributed by atoms with van der Waals surface area (Å²) in [5.74, 6) is 0.960. The van der Waals surface area contributed by atoms with Crippen molar-refractivity contribution in [2.45, 2.75) is 18.6 Å². The van der Waals surface area contributed by atoms with Crippen LogP contribution in [-0.4, -0.2) is 53.0 Å². The smallest absolute Gasteiger partial charge is 0.317 e. The van der Waals surface area contributed by atoms with Gasteiger partial charge in [-0.3, -0.25) is 5.10 Å². The molecule has 1 aromatic heterocycles. The Morgan fingerprint density at radius 1 is 1.29 bits per heavy atom. The molecule has 1 aromatic carbocycles. The van der Waals surface area contributed by atoms with Crippen molar-refractivity contribution in [3.05, 3.63) is 42.1 Å². The van der Waals surface area contributed by atoms with Crippen molar-refractivity contribution in [3.63, 3.8) is 0 Å². The molecule has 3 aliphatic rings. The molecular formula is C18H20N4O2. The molecule has 2 saturated heterocycles. The predicted octanol–water partition coefficient (Wildman–Crippen LogP) is 1.70. The third-order valence-electron chi connectivity index (χ3n) is 5.54. The molecule has 124 valence electrons. The minimum Gasteiger partial charge on any atom is -0.366 e. The van der Waals surface area contributed by atoms with Gasteiger partial charge in [-0.2, -0.15) is 5.10 Å². The number of H-pyrrole nitrogens is 1. The third-order valence-corrected chi connectivity index (χ3v) is 5.54. The fourth-order valence-electron chi connectivity index (χ4n) is 4.26. The molecule has 2 fully saturated rings. The Morgan fingerprint density at radius 3 is 2.88 bits per heavy atom. The summed E-state index contributed by atoms with van der Waals surface area (Å²) >= 11 is 0. The van der Waals surface area contributed by atoms with Gasteiger partial charge in [0.15, 0.2) is 0 Å². The molecule has 2 aromatic rings. The summed E-state index contributed by atoms with van der Waals surface area (Å²) in [6, 6.07) is 6.28. The summed E-state index contributed by atoms with van der Waals surface area (Å²) in [5, 5.41) is 11.2. The highest BCUT2D eigenvalue weighted by atomic mass is 16.5. The van der Waals surface area contributed by atoms with Crippen LogP contribution in [0.5, 0.6) is 0 Å². The highest BCUT2D eigenvalue weighted by Crippen LogP contribution is 2.43. The van der Waals surface area contributed by atoms with Crippen molar-refractivity contribution in [1.29, 1.82) is 0 Å². The number of fused-ring (bicyclic) bond motifs is 6. The number of hydrogen-bond donors (Lipinski definition) is 2. The maximum absolute atomic E-state index is 12.4. The molecule has 0 saturated carbocycles. The van der Waals surface area contributed by atoms with Crippen LogP contribution in [0.15, 0.2) is 36.5 Å². The van der Waals surface area contributed by atoms with Gasteiger partial charge in [-0.1, -0.05) is 24.3 Å². The van der Waals surface area contributed by atoms with Gasteiger partial charge in [-0.15, -0.1) is 0 Å². The molecule has 4 atom stereocenters. The molecule has 0 radical (unpaired) electrons. The summed E-state index contributed by atoms with van der Waals surface area (Å²) in [4.78, 5) is 14.4. The second-order valence-electron chi connectivity index (χ2n) is 6.96. The van der Waals surface area contributed by atoms with Crippen molar-refractivity contribution in [2.24, 2.45) is 11.8 Å². The molecule has 5 rings (SSSR count). The zero-order chi connectivity index (χ0) is 16.1. The Balaban J connectivity index is 1.15. The van der Waals surface area contributed by atoms with Gasteiger partial charge in [0.1, 0.15) is 0 Å². The molecule has 24 heavy (non-hydrogen) atoms. The number of likely N-dealkylation sites (tertiary alicyclic amines) is 1. The highest BCUT2D eigenvalue weighted by Gasteiger charge is 2.51. The van der Waals surface area contributed by atoms with Gasteiger partial charge >= 0.3 is 6.03 Å². The molecule has 0 spiro atoms. The molecular weight excluding hydrogens is 304 g/mol. The average molecular weight is 324 g/mol. The van der Waals surface area contributed by atoms with Gasteiger partial charge in [0.2, 0.25) is 0 Å². The van der Waals surface area contributed by atoms with Crippen LogP contribution in [0.4, 0.5) is 4.79 Å². The number of aromatic nitrogens is 2. The Kier molecular flexibility index (Phi) is 3.13. The zero-order valence-corrected chi connectivity index (χ0v) is 13.3. The van der Waals surface area contributed by atoms with Crippen LogP contribution in [0.1, 0.15) is 5.56 Å². The lowest BCUT2D eigenvalue weighted by molar-refractivity contribution is 0.0883. The molecule has 2 N–H and O–H groups in total. The van der Waals surface area contributed by atoms with Crippen LogP contribution in [0, 0.1) is 11.8 Å². The number of nitrogens with zero attached hydrogens (tertiary/aromatic N) is 2. The Bertz CT molecular complexity index is 794. The summed E-state index contributed by atoms with van der Waals surface area (Å²) in [5.41, 5.74) is 2.23. The standard InChI is InChI=1S/C18H20N4O2/c23-18(22-9-13-14(10-22)17-4-3-16(13)24-17)19-6-5-11-1-2-12-8-20-21-15(12)7-11/h1-4,7-8,13-14,16-17H,5-6,9-10H2,(H,19,23)(H,20,21). The lowest BCUT2D eigenvalue weighted by Crippen LogP contribution is -2.40. The molecule has 6 heteroatoms. The van der Waals surface area contributed by atoms with Gasteiger partial charge in [0.25, 0.3) is 0 Å². The van der Waals surface area contributed by atoms with Gasteiger partial charge in [-0.25, -0.2) is 4.79 Å². The quantitative estimate of drug-likeness (QED) is 0.844. The number of amides is 2. The van der Waals surface area contributed by atoms with Crippen molar-refractivity contribution < 1.29 is 9.53 Å². The van der Waals surface area contributed by atoms with E-state index in [1.165, 1.54) is 5.56 Å². The van der Waals surface area contributed by atoms with Crippen LogP contribution in [-0.2, 0) is 11.2 Å². The van der Waals surface area contributed by atoms with E-state index in [1.54, 1.807) is 0 Å². The number of ether oxygens (including phenoxy) is 1. The Hall–Kier alpha value is -2.34. The SMILES string of the molecule is O=C(NCCc1ccc2cn[nH]c2c1)N1CC2C3C=CC(O3)C2C1. The summed E-state index contributed by atoms with van der Waals surface area (Å²) in [6.07, 6.45) is 7.38. The zero-order valence-electron chi connectivity index (χ0n) is 13.3. The number of benzene rings is 1. The molecule has 0 aliphatic carbocycles. The number of hydrogen-bond acceptors (Lipinski definition) is 3. The molecule has 4 unspecified atom stereocenters. The number of aromatic amines is 1. The second kappa shape index (κ2) is 5.34. The first-order valence-corrected chi connectivity index (χ1v) is 8.56. The maximum Gasteiger partial charge on any atom is 0.317 e. The monoisotopic (exact) mass is 324 g/mol. The first-order chi connectivity index (χ1) is 11.8. The van der Waals surface area contributed by atoms with E-state index in [0.29, 0.717) is 18.4 Å². The summed E-state index contributed by atoms with van der Waals surface area (Å²) in [6.45, 7) is 2.26. The van der Waals surface area contributed by atoms with Crippen molar-refractivity contribution >= 4 is 16.9 Å². The van der Waals surface area contributed by atoms with E-state index in [1.807, 2.05) is 11.1 Å². The van der Waals surface area contributed by atoms with Crippen LogP contribution in [0.3, 0.4) is 0 Å². The minimum absolute atomic E-state index is 0.0476. The molecule has 6 nitrogen and oxygen atoms in total. The number of urea groups is 1. The largest absolute Gasteiger partial charge is 0.366 e. The van der Waals surface area contributed by atoms with Crippen LogP contribution >= 0.6 is 0 Å². The Morgan fingerprint density at radius 2 is 2.08 bits per heavy atom. The van der Waals surface area contributed by atoms with E-state index in [-0.39, 0.29) is 18.2 Å². The predicted molar refractivity (Wildman–Crippen MR) is 89.6 cm³/mol. The van der Waals surface area contributed by atoms with Crippen molar-refractivity contribution in [1.82, 2.24) is 20.4 Å². The van der Waals surface area contributed by atoms with Gasteiger partial charge in [-0.05, 0) is 18.1 Å². The topological polar surface area (TPSA) is 70.2 Å². The van der Waals surface area contributed by atoms with Crippen LogP contribution in [0.2, 0.25) is 0 Å². The second-order valence-corrected chi connectivity index (χ2v) is 6.96. The maximum atomic E-state index is 12.4. The van der Waals surface area contributed by atoms with Gasteiger partial charge in [0.05, 0.1) is 23.9 Å². The van der Waals surface area contributed by atoms with Crippen LogP contribution < -0.4 is 5.32 Å². The average Bonchev–Trinajstić information content (AvgIpc) is 3.34. The molecule has 2 amide bonds. The summed E-state index contributed by atoms with van der Waals surface area (Å²) < 4.78 is 5.86. The van der Waals surface area contributed by atoms with Gasteiger partial charge in [0, 0.05) is 36.9 Å². The third kappa shape index (κ3) is 2.21. The normalized spacial score (nSPS) is 30.2. The van der Waals surface area contributed by atoms with Crippen molar-refractivity contribution in [3.8, 4) is 0 Å². The number of carbonyl (C=O) groups excluding carboxylic acids is 1. The fourth-order valence-corrected chi connectivity index (χ4v) is 4.26. The minimum atomic E-state index is 0.0476. The molecule has 3 aliphatic heterocycles. The lowest BCUT2D eigenvalue weighted by atomic mass is 9.86. The number of carbonyl (C=O) groups is 1. The summed E-state index contributed by atoms with van der Waals surface area (Å²) in [7, 11) is 0. The fraction of sp³-hybridized carbons (Fsp3) is 0.444. The number of rotatable bonds is 3. The molecule has 2 bridgehead atoms. The highest BCUT2D eigenvalue weighted by molar-refractivity contribution is 5.78. The molecule has 4 heterocycles. The first-order valence-electron chi connectivity index (χ1n) is 8.56.